The Morgan fingerprint density at radius 1 is 1.26 bits per heavy atom. The van der Waals surface area contributed by atoms with E-state index in [1.54, 1.807) is 24.3 Å². The van der Waals surface area contributed by atoms with E-state index in [4.69, 9.17) is 9.84 Å². The van der Waals surface area contributed by atoms with Crippen molar-refractivity contribution in [1.82, 2.24) is 9.80 Å². The average molecular weight is 320 g/mol. The fourth-order valence-corrected chi connectivity index (χ4v) is 3.05. The molecular weight excluding hydrogens is 292 g/mol. The Labute approximate surface area is 138 Å². The molecule has 1 fully saturated rings. The molecule has 0 radical (unpaired) electrons. The number of carbonyl (C=O) groups is 1. The number of likely N-dealkylation sites (tertiary alicyclic amines) is 1. The summed E-state index contributed by atoms with van der Waals surface area (Å²) in [6.45, 7) is 4.07. The summed E-state index contributed by atoms with van der Waals surface area (Å²) >= 11 is 0. The van der Waals surface area contributed by atoms with Crippen LogP contribution in [-0.4, -0.2) is 67.3 Å². The van der Waals surface area contributed by atoms with Gasteiger partial charge in [-0.2, -0.15) is 0 Å². The fourth-order valence-electron chi connectivity index (χ4n) is 3.05. The second-order valence-corrected chi connectivity index (χ2v) is 6.42. The van der Waals surface area contributed by atoms with Gasteiger partial charge in [-0.25, -0.2) is 4.79 Å². The van der Waals surface area contributed by atoms with Crippen LogP contribution in [0.15, 0.2) is 24.3 Å². The number of carboxylic acids is 1. The van der Waals surface area contributed by atoms with Crippen LogP contribution in [0, 0.1) is 0 Å². The molecule has 1 aliphatic rings. The van der Waals surface area contributed by atoms with E-state index in [-0.39, 0.29) is 5.56 Å². The smallest absolute Gasteiger partial charge is 0.335 e. The maximum Gasteiger partial charge on any atom is 0.335 e. The summed E-state index contributed by atoms with van der Waals surface area (Å²) in [6.07, 6.45) is 4.79. The maximum atomic E-state index is 10.8. The van der Waals surface area contributed by atoms with Gasteiger partial charge in [-0.15, -0.1) is 0 Å². The second-order valence-electron chi connectivity index (χ2n) is 6.42. The molecule has 1 heterocycles. The first-order valence-corrected chi connectivity index (χ1v) is 8.41. The molecule has 0 bridgehead atoms. The van der Waals surface area contributed by atoms with Crippen molar-refractivity contribution in [2.45, 2.75) is 31.7 Å². The number of carboxylic acid groups (broad SMARTS) is 1. The number of nitrogens with zero attached hydrogens (tertiary/aromatic N) is 2. The lowest BCUT2D eigenvalue weighted by Gasteiger charge is -2.23. The van der Waals surface area contributed by atoms with E-state index in [0.29, 0.717) is 12.6 Å². The standard InChI is InChI=1S/C18H28N2O3/c1-19(2)16-5-3-11-20(13-10-16)12-4-14-23-17-8-6-15(7-9-17)18(21)22/h6-9,16H,3-5,10-14H2,1-2H3,(H,21,22)/t16-/m0/s1. The van der Waals surface area contributed by atoms with Crippen molar-refractivity contribution in [1.29, 1.82) is 0 Å². The van der Waals surface area contributed by atoms with Gasteiger partial charge in [0.15, 0.2) is 0 Å². The van der Waals surface area contributed by atoms with Gasteiger partial charge in [0.05, 0.1) is 12.2 Å². The number of benzene rings is 1. The Morgan fingerprint density at radius 2 is 2.00 bits per heavy atom. The second kappa shape index (κ2) is 8.89. The zero-order valence-corrected chi connectivity index (χ0v) is 14.2. The number of hydrogen-bond donors (Lipinski definition) is 1. The fraction of sp³-hybridized carbons (Fsp3) is 0.611. The molecule has 1 atom stereocenters. The summed E-state index contributed by atoms with van der Waals surface area (Å²) in [6, 6.07) is 7.31. The van der Waals surface area contributed by atoms with Crippen LogP contribution in [0.3, 0.4) is 0 Å². The van der Waals surface area contributed by atoms with Gasteiger partial charge in [0.1, 0.15) is 5.75 Å². The van der Waals surface area contributed by atoms with Crippen LogP contribution in [0.5, 0.6) is 5.75 Å². The molecule has 128 valence electrons. The van der Waals surface area contributed by atoms with E-state index in [2.05, 4.69) is 23.9 Å². The maximum absolute atomic E-state index is 10.8. The van der Waals surface area contributed by atoms with Gasteiger partial charge >= 0.3 is 5.97 Å². The first-order valence-electron chi connectivity index (χ1n) is 8.41. The van der Waals surface area contributed by atoms with E-state index in [1.165, 1.54) is 25.8 Å². The highest BCUT2D eigenvalue weighted by Crippen LogP contribution is 2.15. The van der Waals surface area contributed by atoms with Crippen LogP contribution in [0.4, 0.5) is 0 Å². The lowest BCUT2D eigenvalue weighted by Crippen LogP contribution is -2.30. The minimum absolute atomic E-state index is 0.289. The summed E-state index contributed by atoms with van der Waals surface area (Å²) < 4.78 is 5.69. The van der Waals surface area contributed by atoms with Gasteiger partial charge in [0, 0.05) is 12.6 Å². The predicted molar refractivity (Wildman–Crippen MR) is 91.3 cm³/mol. The van der Waals surface area contributed by atoms with Crippen LogP contribution >= 0.6 is 0 Å². The average Bonchev–Trinajstić information content (AvgIpc) is 2.78. The largest absolute Gasteiger partial charge is 0.494 e. The molecule has 0 aromatic heterocycles. The molecule has 0 saturated carbocycles. The summed E-state index contributed by atoms with van der Waals surface area (Å²) in [5.41, 5.74) is 0.289. The zero-order chi connectivity index (χ0) is 16.7. The number of hydrogen-bond acceptors (Lipinski definition) is 4. The predicted octanol–water partition coefficient (Wildman–Crippen LogP) is 2.57. The van der Waals surface area contributed by atoms with Crippen molar-refractivity contribution < 1.29 is 14.6 Å². The molecule has 1 aliphatic heterocycles. The quantitative estimate of drug-likeness (QED) is 0.783. The van der Waals surface area contributed by atoms with E-state index in [1.807, 2.05) is 0 Å². The molecule has 0 aliphatic carbocycles. The number of aromatic carboxylic acids is 1. The molecule has 2 rings (SSSR count). The van der Waals surface area contributed by atoms with Gasteiger partial charge < -0.3 is 19.6 Å². The van der Waals surface area contributed by atoms with Crippen LogP contribution in [0.25, 0.3) is 0 Å². The number of rotatable bonds is 7. The molecule has 5 heteroatoms. The lowest BCUT2D eigenvalue weighted by atomic mass is 10.1. The first-order chi connectivity index (χ1) is 11.1. The molecule has 23 heavy (non-hydrogen) atoms. The Morgan fingerprint density at radius 3 is 2.65 bits per heavy atom. The van der Waals surface area contributed by atoms with Crippen molar-refractivity contribution in [3.63, 3.8) is 0 Å². The van der Waals surface area contributed by atoms with Crippen LogP contribution in [0.2, 0.25) is 0 Å². The normalized spacial score (nSPS) is 19.5. The van der Waals surface area contributed by atoms with Crippen molar-refractivity contribution >= 4 is 5.97 Å². The van der Waals surface area contributed by atoms with Crippen LogP contribution in [-0.2, 0) is 0 Å². The van der Waals surface area contributed by atoms with Crippen LogP contribution in [0.1, 0.15) is 36.0 Å². The molecule has 1 N–H and O–H groups in total. The van der Waals surface area contributed by atoms with Crippen molar-refractivity contribution in [2.24, 2.45) is 0 Å². The van der Waals surface area contributed by atoms with Crippen molar-refractivity contribution in [3.8, 4) is 5.75 Å². The SMILES string of the molecule is CN(C)[C@H]1CCCN(CCCOc2ccc(C(=O)O)cc2)CC1. The third kappa shape index (κ3) is 5.84. The third-order valence-electron chi connectivity index (χ3n) is 4.51. The zero-order valence-electron chi connectivity index (χ0n) is 14.2. The summed E-state index contributed by atoms with van der Waals surface area (Å²) in [4.78, 5) is 15.7. The van der Waals surface area contributed by atoms with Gasteiger partial charge in [-0.05, 0) is 77.1 Å². The Kier molecular flexibility index (Phi) is 6.86. The topological polar surface area (TPSA) is 53.0 Å². The first kappa shape index (κ1) is 17.8. The summed E-state index contributed by atoms with van der Waals surface area (Å²) in [7, 11) is 4.34. The van der Waals surface area contributed by atoms with Gasteiger partial charge in [-0.3, -0.25) is 0 Å². The molecule has 0 amide bonds. The summed E-state index contributed by atoms with van der Waals surface area (Å²) in [5, 5.41) is 8.86. The molecule has 0 unspecified atom stereocenters. The highest BCUT2D eigenvalue weighted by molar-refractivity contribution is 5.87. The Hall–Kier alpha value is -1.59. The van der Waals surface area contributed by atoms with E-state index < -0.39 is 5.97 Å². The Bertz CT molecular complexity index is 488. The van der Waals surface area contributed by atoms with Crippen LogP contribution < -0.4 is 4.74 Å². The van der Waals surface area contributed by atoms with Gasteiger partial charge in [-0.1, -0.05) is 0 Å². The molecule has 1 aromatic carbocycles. The molecule has 5 nitrogen and oxygen atoms in total. The van der Waals surface area contributed by atoms with E-state index >= 15 is 0 Å². The van der Waals surface area contributed by atoms with Crippen molar-refractivity contribution in [2.75, 3.05) is 40.3 Å². The minimum atomic E-state index is -0.909. The molecule has 1 aromatic rings. The van der Waals surface area contributed by atoms with E-state index in [0.717, 1.165) is 25.3 Å². The highest BCUT2D eigenvalue weighted by atomic mass is 16.5. The molecule has 1 saturated heterocycles. The molecule has 0 spiro atoms. The van der Waals surface area contributed by atoms with E-state index in [9.17, 15) is 4.79 Å². The minimum Gasteiger partial charge on any atom is -0.494 e. The van der Waals surface area contributed by atoms with Gasteiger partial charge in [0.25, 0.3) is 0 Å². The lowest BCUT2D eigenvalue weighted by molar-refractivity contribution is 0.0697. The van der Waals surface area contributed by atoms with Crippen molar-refractivity contribution in [3.05, 3.63) is 29.8 Å². The monoisotopic (exact) mass is 320 g/mol. The van der Waals surface area contributed by atoms with Gasteiger partial charge in [0.2, 0.25) is 0 Å². The summed E-state index contributed by atoms with van der Waals surface area (Å²) in [5.74, 6) is -0.174. The Balaban J connectivity index is 1.66. The third-order valence-corrected chi connectivity index (χ3v) is 4.51. The highest BCUT2D eigenvalue weighted by Gasteiger charge is 2.17. The number of ether oxygens (including phenoxy) is 1. The molecular formula is C18H28N2O3.